The Morgan fingerprint density at radius 2 is 2.10 bits per heavy atom. The molecule has 106 valence electrons. The van der Waals surface area contributed by atoms with Crippen LogP contribution in [0.5, 0.6) is 0 Å². The summed E-state index contributed by atoms with van der Waals surface area (Å²) in [5, 5.41) is -0.127. The molecule has 1 fully saturated rings. The average molecular weight is 313 g/mol. The molecule has 7 heteroatoms. The third-order valence-electron chi connectivity index (χ3n) is 3.40. The molecule has 0 spiro atoms. The van der Waals surface area contributed by atoms with E-state index in [2.05, 4.69) is 0 Å². The van der Waals surface area contributed by atoms with E-state index in [0.29, 0.717) is 6.54 Å². The molecule has 1 unspecified atom stereocenters. The first kappa shape index (κ1) is 13.5. The van der Waals surface area contributed by atoms with Gasteiger partial charge in [0.2, 0.25) is 5.91 Å². The minimum atomic E-state index is -4.64. The summed E-state index contributed by atoms with van der Waals surface area (Å²) in [6.07, 6.45) is -0.260. The molecule has 0 aliphatic carbocycles. The molecule has 1 aromatic heterocycles. The number of thiophene rings is 1. The number of fused-ring (bicyclic) bond motifs is 1. The van der Waals surface area contributed by atoms with Crippen molar-refractivity contribution in [1.82, 2.24) is 4.90 Å². The number of halogens is 1. The number of likely N-dealkylation sites (tertiary alicyclic amines) is 1. The van der Waals surface area contributed by atoms with Crippen LogP contribution in [0.4, 0.5) is 3.89 Å². The van der Waals surface area contributed by atoms with Gasteiger partial charge in [-0.15, -0.1) is 15.2 Å². The first-order chi connectivity index (χ1) is 9.43. The second-order valence-electron chi connectivity index (χ2n) is 4.83. The number of benzene rings is 1. The van der Waals surface area contributed by atoms with Gasteiger partial charge in [0.25, 0.3) is 0 Å². The van der Waals surface area contributed by atoms with Crippen LogP contribution in [0.15, 0.2) is 30.3 Å². The van der Waals surface area contributed by atoms with Crippen LogP contribution in [-0.2, 0) is 21.6 Å². The SMILES string of the molecule is O=C1CC(S(=O)(=O)F)CN1Cc1cc2ccccc2s1. The molecule has 1 amide bonds. The molecule has 1 saturated heterocycles. The molecule has 1 aliphatic rings. The lowest BCUT2D eigenvalue weighted by molar-refractivity contribution is -0.128. The second-order valence-corrected chi connectivity index (χ2v) is 7.61. The average Bonchev–Trinajstić information content (AvgIpc) is 2.93. The second kappa shape index (κ2) is 4.82. The predicted molar refractivity (Wildman–Crippen MR) is 75.7 cm³/mol. The summed E-state index contributed by atoms with van der Waals surface area (Å²) in [4.78, 5) is 14.1. The van der Waals surface area contributed by atoms with Crippen LogP contribution < -0.4 is 0 Å². The standard InChI is InChI=1S/C13H12FNO3S2/c14-20(17,18)11-6-13(16)15(8-11)7-10-5-9-3-1-2-4-12(9)19-10/h1-5,11H,6-8H2. The Bertz CT molecular complexity index is 736. The van der Waals surface area contributed by atoms with Crippen LogP contribution in [0.2, 0.25) is 0 Å². The fraction of sp³-hybridized carbons (Fsp3) is 0.308. The minimum absolute atomic E-state index is 0.0636. The van der Waals surface area contributed by atoms with E-state index in [0.717, 1.165) is 15.0 Å². The van der Waals surface area contributed by atoms with Gasteiger partial charge in [0.1, 0.15) is 5.25 Å². The summed E-state index contributed by atoms with van der Waals surface area (Å²) >= 11 is 1.56. The summed E-state index contributed by atoms with van der Waals surface area (Å²) in [5.74, 6) is -0.311. The minimum Gasteiger partial charge on any atom is -0.336 e. The summed E-state index contributed by atoms with van der Waals surface area (Å²) in [6, 6.07) is 9.82. The first-order valence-electron chi connectivity index (χ1n) is 6.12. The molecule has 3 rings (SSSR count). The Hall–Kier alpha value is -1.47. The van der Waals surface area contributed by atoms with Crippen LogP contribution >= 0.6 is 11.3 Å². The molecule has 2 aromatic rings. The van der Waals surface area contributed by atoms with Gasteiger partial charge in [-0.05, 0) is 17.5 Å². The monoisotopic (exact) mass is 313 g/mol. The first-order valence-corrected chi connectivity index (χ1v) is 8.38. The van der Waals surface area contributed by atoms with Crippen molar-refractivity contribution in [1.29, 1.82) is 0 Å². The lowest BCUT2D eigenvalue weighted by Crippen LogP contribution is -2.26. The lowest BCUT2D eigenvalue weighted by atomic mass is 10.2. The molecular formula is C13H12FNO3S2. The fourth-order valence-corrected chi connectivity index (χ4v) is 4.16. The maximum absolute atomic E-state index is 12.9. The molecular weight excluding hydrogens is 301 g/mol. The van der Waals surface area contributed by atoms with Gasteiger partial charge in [-0.2, -0.15) is 8.42 Å². The number of hydrogen-bond acceptors (Lipinski definition) is 4. The van der Waals surface area contributed by atoms with Crippen LogP contribution in [-0.4, -0.2) is 31.0 Å². The van der Waals surface area contributed by atoms with Gasteiger partial charge in [-0.3, -0.25) is 4.79 Å². The zero-order chi connectivity index (χ0) is 14.3. The van der Waals surface area contributed by atoms with E-state index in [-0.39, 0.29) is 18.9 Å². The van der Waals surface area contributed by atoms with Crippen molar-refractivity contribution in [3.63, 3.8) is 0 Å². The van der Waals surface area contributed by atoms with Crippen molar-refractivity contribution in [2.75, 3.05) is 6.54 Å². The zero-order valence-corrected chi connectivity index (χ0v) is 12.1. The summed E-state index contributed by atoms with van der Waals surface area (Å²) in [5.41, 5.74) is 0. The number of carbonyl (C=O) groups is 1. The third-order valence-corrected chi connectivity index (χ3v) is 5.61. The fourth-order valence-electron chi connectivity index (χ4n) is 2.38. The van der Waals surface area contributed by atoms with Gasteiger partial charge in [0.05, 0.1) is 6.54 Å². The predicted octanol–water partition coefficient (Wildman–Crippen LogP) is 2.30. The maximum atomic E-state index is 12.9. The van der Waals surface area contributed by atoms with Crippen molar-refractivity contribution in [2.45, 2.75) is 18.2 Å². The number of rotatable bonds is 3. The van der Waals surface area contributed by atoms with E-state index in [1.165, 1.54) is 4.90 Å². The molecule has 0 saturated carbocycles. The molecule has 0 bridgehead atoms. The lowest BCUT2D eigenvalue weighted by Gasteiger charge is -2.14. The maximum Gasteiger partial charge on any atom is 0.307 e. The van der Waals surface area contributed by atoms with E-state index in [4.69, 9.17) is 0 Å². The van der Waals surface area contributed by atoms with Gasteiger partial charge in [-0.25, -0.2) is 0 Å². The Morgan fingerprint density at radius 3 is 2.75 bits per heavy atom. The Morgan fingerprint density at radius 1 is 1.35 bits per heavy atom. The number of nitrogens with zero attached hydrogens (tertiary/aromatic N) is 1. The highest BCUT2D eigenvalue weighted by Gasteiger charge is 2.38. The van der Waals surface area contributed by atoms with Crippen LogP contribution in [0.3, 0.4) is 0 Å². The highest BCUT2D eigenvalue weighted by Crippen LogP contribution is 2.28. The van der Waals surface area contributed by atoms with Gasteiger partial charge in [-0.1, -0.05) is 18.2 Å². The van der Waals surface area contributed by atoms with Crippen molar-refractivity contribution in [2.24, 2.45) is 0 Å². The third kappa shape index (κ3) is 2.55. The number of amides is 1. The normalized spacial score (nSPS) is 19.9. The topological polar surface area (TPSA) is 54.5 Å². The molecule has 0 radical (unpaired) electrons. The Kier molecular flexibility index (Phi) is 3.25. The molecule has 1 aromatic carbocycles. The summed E-state index contributed by atoms with van der Waals surface area (Å²) in [6.45, 7) is 0.274. The van der Waals surface area contributed by atoms with E-state index in [1.807, 2.05) is 30.3 Å². The molecule has 0 N–H and O–H groups in total. The highest BCUT2D eigenvalue weighted by atomic mass is 32.3. The molecule has 4 nitrogen and oxygen atoms in total. The van der Waals surface area contributed by atoms with Gasteiger partial charge in [0, 0.05) is 22.5 Å². The van der Waals surface area contributed by atoms with E-state index in [1.54, 1.807) is 11.3 Å². The summed E-state index contributed by atoms with van der Waals surface area (Å²) in [7, 11) is -4.64. The molecule has 1 aliphatic heterocycles. The van der Waals surface area contributed by atoms with Gasteiger partial charge < -0.3 is 4.90 Å². The van der Waals surface area contributed by atoms with Gasteiger partial charge in [0.15, 0.2) is 0 Å². The van der Waals surface area contributed by atoms with Crippen molar-refractivity contribution in [3.8, 4) is 0 Å². The smallest absolute Gasteiger partial charge is 0.307 e. The number of carbonyl (C=O) groups excluding carboxylic acids is 1. The van der Waals surface area contributed by atoms with Crippen molar-refractivity contribution < 1.29 is 17.1 Å². The number of hydrogen-bond donors (Lipinski definition) is 0. The van der Waals surface area contributed by atoms with Gasteiger partial charge >= 0.3 is 10.2 Å². The molecule has 1 atom stereocenters. The Labute approximate surface area is 120 Å². The highest BCUT2D eigenvalue weighted by molar-refractivity contribution is 7.87. The van der Waals surface area contributed by atoms with E-state index < -0.39 is 15.5 Å². The van der Waals surface area contributed by atoms with Crippen LogP contribution in [0.1, 0.15) is 11.3 Å². The molecule has 2 heterocycles. The van der Waals surface area contributed by atoms with E-state index in [9.17, 15) is 17.1 Å². The largest absolute Gasteiger partial charge is 0.336 e. The molecule has 20 heavy (non-hydrogen) atoms. The van der Waals surface area contributed by atoms with Crippen LogP contribution in [0, 0.1) is 0 Å². The zero-order valence-electron chi connectivity index (χ0n) is 10.5. The Balaban J connectivity index is 1.79. The van der Waals surface area contributed by atoms with E-state index >= 15 is 0 Å². The summed E-state index contributed by atoms with van der Waals surface area (Å²) < 4.78 is 35.8. The quantitative estimate of drug-likeness (QED) is 0.817. The van der Waals surface area contributed by atoms with Crippen molar-refractivity contribution >= 4 is 37.6 Å². The van der Waals surface area contributed by atoms with Crippen LogP contribution in [0.25, 0.3) is 10.1 Å². The van der Waals surface area contributed by atoms with Crippen molar-refractivity contribution in [3.05, 3.63) is 35.2 Å².